The van der Waals surface area contributed by atoms with Crippen LogP contribution in [0.3, 0.4) is 0 Å². The second kappa shape index (κ2) is 3.12. The number of aryl methyl sites for hydroxylation is 1. The molecule has 0 atom stereocenters. The van der Waals surface area contributed by atoms with E-state index in [1.807, 2.05) is 25.1 Å². The summed E-state index contributed by atoms with van der Waals surface area (Å²) in [5.41, 5.74) is 8.71. The lowest BCUT2D eigenvalue weighted by Gasteiger charge is -2.00. The van der Waals surface area contributed by atoms with Crippen molar-refractivity contribution in [1.29, 1.82) is 0 Å². The molecule has 0 amide bonds. The highest BCUT2D eigenvalue weighted by molar-refractivity contribution is 5.48. The molecule has 0 fully saturated rings. The summed E-state index contributed by atoms with van der Waals surface area (Å²) < 4.78 is 0. The van der Waals surface area contributed by atoms with E-state index in [-0.39, 0.29) is 0 Å². The minimum Gasteiger partial charge on any atom is -0.399 e. The zero-order chi connectivity index (χ0) is 8.27. The molecule has 0 spiro atoms. The molecular weight excluding hydrogens is 134 g/mol. The van der Waals surface area contributed by atoms with E-state index >= 15 is 0 Å². The van der Waals surface area contributed by atoms with Gasteiger partial charge in [-0.3, -0.25) is 0 Å². The maximum atomic E-state index is 5.68. The van der Waals surface area contributed by atoms with Crippen molar-refractivity contribution >= 4 is 5.69 Å². The predicted molar refractivity (Wildman–Crippen MR) is 48.1 cm³/mol. The smallest absolute Gasteiger partial charge is 0.0346 e. The monoisotopic (exact) mass is 145 g/mol. The van der Waals surface area contributed by atoms with Gasteiger partial charge in [-0.25, -0.2) is 0 Å². The van der Waals surface area contributed by atoms with Crippen LogP contribution < -0.4 is 5.73 Å². The van der Waals surface area contributed by atoms with E-state index < -0.39 is 0 Å². The number of benzene rings is 1. The Morgan fingerprint density at radius 2 is 2.27 bits per heavy atom. The SMILES string of the molecule is C#CCc1ccc(C)c(N)c1. The summed E-state index contributed by atoms with van der Waals surface area (Å²) in [5, 5.41) is 0. The molecule has 1 heteroatoms. The van der Waals surface area contributed by atoms with E-state index in [4.69, 9.17) is 12.2 Å². The van der Waals surface area contributed by atoms with E-state index in [1.165, 1.54) is 0 Å². The van der Waals surface area contributed by atoms with Crippen LogP contribution in [0.2, 0.25) is 0 Å². The summed E-state index contributed by atoms with van der Waals surface area (Å²) in [6.45, 7) is 1.98. The molecule has 1 aromatic carbocycles. The van der Waals surface area contributed by atoms with E-state index in [0.717, 1.165) is 16.8 Å². The molecule has 0 aliphatic heterocycles. The highest BCUT2D eigenvalue weighted by Gasteiger charge is 1.93. The van der Waals surface area contributed by atoms with Crippen LogP contribution in [0.1, 0.15) is 11.1 Å². The quantitative estimate of drug-likeness (QED) is 0.473. The van der Waals surface area contributed by atoms with Crippen molar-refractivity contribution in [1.82, 2.24) is 0 Å². The summed E-state index contributed by atoms with van der Waals surface area (Å²) in [4.78, 5) is 0. The molecule has 1 nitrogen and oxygen atoms in total. The number of terminal acetylenes is 1. The standard InChI is InChI=1S/C10H11N/c1-3-4-9-6-5-8(2)10(11)7-9/h1,5-7H,4,11H2,2H3. The average Bonchev–Trinajstić information content (AvgIpc) is 1.98. The first kappa shape index (κ1) is 7.68. The van der Waals surface area contributed by atoms with Crippen LogP contribution in [0.25, 0.3) is 0 Å². The second-order valence-electron chi connectivity index (χ2n) is 2.57. The van der Waals surface area contributed by atoms with Gasteiger partial charge in [0.15, 0.2) is 0 Å². The lowest BCUT2D eigenvalue weighted by Crippen LogP contribution is -1.91. The largest absolute Gasteiger partial charge is 0.399 e. The van der Waals surface area contributed by atoms with Gasteiger partial charge in [-0.05, 0) is 24.1 Å². The third-order valence-electron chi connectivity index (χ3n) is 1.65. The summed E-state index contributed by atoms with van der Waals surface area (Å²) in [7, 11) is 0. The highest BCUT2D eigenvalue weighted by atomic mass is 14.5. The van der Waals surface area contributed by atoms with Gasteiger partial charge in [0, 0.05) is 12.1 Å². The summed E-state index contributed by atoms with van der Waals surface area (Å²) in [6.07, 6.45) is 5.82. The molecule has 56 valence electrons. The lowest BCUT2D eigenvalue weighted by molar-refractivity contribution is 1.30. The first-order chi connectivity index (χ1) is 5.24. The van der Waals surface area contributed by atoms with Crippen molar-refractivity contribution < 1.29 is 0 Å². The van der Waals surface area contributed by atoms with E-state index in [9.17, 15) is 0 Å². The third-order valence-corrected chi connectivity index (χ3v) is 1.65. The molecular formula is C10H11N. The van der Waals surface area contributed by atoms with E-state index in [1.54, 1.807) is 0 Å². The number of nitrogen functional groups attached to an aromatic ring is 1. The molecule has 0 saturated carbocycles. The van der Waals surface area contributed by atoms with Gasteiger partial charge in [-0.1, -0.05) is 12.1 Å². The Morgan fingerprint density at radius 1 is 1.55 bits per heavy atom. The van der Waals surface area contributed by atoms with Crippen LogP contribution in [0.5, 0.6) is 0 Å². The van der Waals surface area contributed by atoms with Crippen molar-refractivity contribution in [3.8, 4) is 12.3 Å². The topological polar surface area (TPSA) is 26.0 Å². The number of hydrogen-bond donors (Lipinski definition) is 1. The van der Waals surface area contributed by atoms with Crippen LogP contribution in [0.4, 0.5) is 5.69 Å². The molecule has 0 aliphatic carbocycles. The number of nitrogens with two attached hydrogens (primary N) is 1. The van der Waals surface area contributed by atoms with Gasteiger partial charge in [-0.15, -0.1) is 12.3 Å². The number of hydrogen-bond acceptors (Lipinski definition) is 1. The number of rotatable bonds is 1. The van der Waals surface area contributed by atoms with Gasteiger partial charge in [0.25, 0.3) is 0 Å². The summed E-state index contributed by atoms with van der Waals surface area (Å²) in [6, 6.07) is 5.92. The molecule has 0 radical (unpaired) electrons. The van der Waals surface area contributed by atoms with Crippen LogP contribution >= 0.6 is 0 Å². The zero-order valence-electron chi connectivity index (χ0n) is 6.59. The second-order valence-corrected chi connectivity index (χ2v) is 2.57. The Hall–Kier alpha value is -1.42. The van der Waals surface area contributed by atoms with Gasteiger partial charge in [0.1, 0.15) is 0 Å². The van der Waals surface area contributed by atoms with Gasteiger partial charge >= 0.3 is 0 Å². The van der Waals surface area contributed by atoms with Crippen LogP contribution in [0.15, 0.2) is 18.2 Å². The molecule has 1 rings (SSSR count). The van der Waals surface area contributed by atoms with Gasteiger partial charge < -0.3 is 5.73 Å². The highest BCUT2D eigenvalue weighted by Crippen LogP contribution is 2.12. The molecule has 0 saturated heterocycles. The Bertz CT molecular complexity index is 294. The Morgan fingerprint density at radius 3 is 2.82 bits per heavy atom. The summed E-state index contributed by atoms with van der Waals surface area (Å²) in [5.74, 6) is 2.58. The first-order valence-corrected chi connectivity index (χ1v) is 3.52. The van der Waals surface area contributed by atoms with Crippen LogP contribution in [-0.2, 0) is 6.42 Å². The molecule has 0 aliphatic rings. The van der Waals surface area contributed by atoms with E-state index in [0.29, 0.717) is 6.42 Å². The molecule has 2 N–H and O–H groups in total. The first-order valence-electron chi connectivity index (χ1n) is 3.52. The zero-order valence-corrected chi connectivity index (χ0v) is 6.59. The van der Waals surface area contributed by atoms with Crippen molar-refractivity contribution in [2.45, 2.75) is 13.3 Å². The van der Waals surface area contributed by atoms with Gasteiger partial charge in [-0.2, -0.15) is 0 Å². The van der Waals surface area contributed by atoms with Crippen molar-refractivity contribution in [3.63, 3.8) is 0 Å². The molecule has 0 unspecified atom stereocenters. The lowest BCUT2D eigenvalue weighted by atomic mass is 10.1. The predicted octanol–water partition coefficient (Wildman–Crippen LogP) is 1.75. The molecule has 0 aromatic heterocycles. The van der Waals surface area contributed by atoms with E-state index in [2.05, 4.69) is 5.92 Å². The van der Waals surface area contributed by atoms with Gasteiger partial charge in [0.2, 0.25) is 0 Å². The minimum absolute atomic E-state index is 0.657. The third kappa shape index (κ3) is 1.75. The molecule has 1 aromatic rings. The summed E-state index contributed by atoms with van der Waals surface area (Å²) >= 11 is 0. The maximum absolute atomic E-state index is 5.68. The minimum atomic E-state index is 0.657. The van der Waals surface area contributed by atoms with Crippen LogP contribution in [-0.4, -0.2) is 0 Å². The van der Waals surface area contributed by atoms with Crippen LogP contribution in [0, 0.1) is 19.3 Å². The van der Waals surface area contributed by atoms with Crippen molar-refractivity contribution in [2.75, 3.05) is 5.73 Å². The maximum Gasteiger partial charge on any atom is 0.0346 e. The fourth-order valence-corrected chi connectivity index (χ4v) is 0.918. The molecule has 0 bridgehead atoms. The molecule has 11 heavy (non-hydrogen) atoms. The average molecular weight is 145 g/mol. The normalized spacial score (nSPS) is 9.09. The van der Waals surface area contributed by atoms with Crippen molar-refractivity contribution in [3.05, 3.63) is 29.3 Å². The van der Waals surface area contributed by atoms with Gasteiger partial charge in [0.05, 0.1) is 0 Å². The molecule has 0 heterocycles. The Kier molecular flexibility index (Phi) is 2.18. The Labute approximate surface area is 67.2 Å². The number of anilines is 1. The fraction of sp³-hybridized carbons (Fsp3) is 0.200. The van der Waals surface area contributed by atoms with Crippen molar-refractivity contribution in [2.24, 2.45) is 0 Å². The fourth-order valence-electron chi connectivity index (χ4n) is 0.918. The Balaban J connectivity index is 2.98.